The number of amides is 1. The van der Waals surface area contributed by atoms with Gasteiger partial charge in [-0.2, -0.15) is 0 Å². The van der Waals surface area contributed by atoms with E-state index in [2.05, 4.69) is 5.32 Å². The van der Waals surface area contributed by atoms with Crippen LogP contribution in [0.15, 0.2) is 56.9 Å². The summed E-state index contributed by atoms with van der Waals surface area (Å²) in [5.41, 5.74) is 2.03. The summed E-state index contributed by atoms with van der Waals surface area (Å²) in [7, 11) is 1.55. The van der Waals surface area contributed by atoms with Gasteiger partial charge < -0.3 is 23.6 Å². The molecule has 0 unspecified atom stereocenters. The Morgan fingerprint density at radius 1 is 1.17 bits per heavy atom. The number of thiophene rings is 1. The van der Waals surface area contributed by atoms with E-state index in [1.807, 2.05) is 18.2 Å². The Bertz CT molecular complexity index is 1190. The lowest BCUT2D eigenvalue weighted by Gasteiger charge is -2.08. The van der Waals surface area contributed by atoms with E-state index in [0.717, 1.165) is 5.39 Å². The van der Waals surface area contributed by atoms with Gasteiger partial charge in [0, 0.05) is 29.0 Å². The van der Waals surface area contributed by atoms with Crippen LogP contribution < -0.4 is 5.32 Å². The third kappa shape index (κ3) is 3.62. The molecule has 0 aliphatic rings. The van der Waals surface area contributed by atoms with Crippen molar-refractivity contribution in [3.8, 4) is 11.3 Å². The van der Waals surface area contributed by atoms with Gasteiger partial charge in [-0.1, -0.05) is 18.2 Å². The number of hydrogen-bond acceptors (Lipinski definition) is 7. The number of para-hydroxylation sites is 1. The number of furan rings is 2. The van der Waals surface area contributed by atoms with E-state index in [-0.39, 0.29) is 24.5 Å². The zero-order valence-electron chi connectivity index (χ0n) is 16.4. The molecule has 0 atom stereocenters. The number of fused-ring (bicyclic) bond motifs is 1. The zero-order valence-corrected chi connectivity index (χ0v) is 17.2. The number of rotatable bonds is 7. The molecule has 4 rings (SSSR count). The average Bonchev–Trinajstić information content (AvgIpc) is 3.47. The topological polar surface area (TPSA) is 90.9 Å². The van der Waals surface area contributed by atoms with Crippen LogP contribution in [-0.2, 0) is 16.1 Å². The summed E-state index contributed by atoms with van der Waals surface area (Å²) >= 11 is 1.21. The Morgan fingerprint density at radius 2 is 2.00 bits per heavy atom. The molecule has 0 fully saturated rings. The van der Waals surface area contributed by atoms with E-state index in [1.165, 1.54) is 17.6 Å². The summed E-state index contributed by atoms with van der Waals surface area (Å²) < 4.78 is 21.7. The number of carbonyl (C=O) groups is 2. The molecule has 0 saturated carbocycles. The van der Waals surface area contributed by atoms with E-state index in [0.29, 0.717) is 27.5 Å². The van der Waals surface area contributed by atoms with Crippen LogP contribution in [0.4, 0.5) is 5.00 Å². The van der Waals surface area contributed by atoms with Crippen LogP contribution >= 0.6 is 11.3 Å². The van der Waals surface area contributed by atoms with Crippen molar-refractivity contribution in [1.82, 2.24) is 0 Å². The van der Waals surface area contributed by atoms with Crippen LogP contribution in [-0.4, -0.2) is 25.6 Å². The molecule has 30 heavy (non-hydrogen) atoms. The van der Waals surface area contributed by atoms with E-state index < -0.39 is 11.9 Å². The molecule has 4 aromatic rings. The average molecular weight is 425 g/mol. The first-order chi connectivity index (χ1) is 14.6. The van der Waals surface area contributed by atoms with Gasteiger partial charge in [0.1, 0.15) is 21.9 Å². The number of anilines is 1. The number of hydrogen-bond donors (Lipinski definition) is 1. The van der Waals surface area contributed by atoms with Gasteiger partial charge >= 0.3 is 5.97 Å². The van der Waals surface area contributed by atoms with Crippen LogP contribution in [0.3, 0.4) is 0 Å². The van der Waals surface area contributed by atoms with E-state index in [4.69, 9.17) is 18.3 Å². The second kappa shape index (κ2) is 8.56. The minimum absolute atomic E-state index is 0.140. The highest BCUT2D eigenvalue weighted by Gasteiger charge is 2.27. The minimum atomic E-state index is -0.540. The Labute approximate surface area is 176 Å². The van der Waals surface area contributed by atoms with Gasteiger partial charge in [0.15, 0.2) is 5.76 Å². The molecule has 1 N–H and O–H groups in total. The highest BCUT2D eigenvalue weighted by Crippen LogP contribution is 2.37. The summed E-state index contributed by atoms with van der Waals surface area (Å²) in [6.07, 6.45) is 1.52. The van der Waals surface area contributed by atoms with Gasteiger partial charge in [-0.05, 0) is 25.1 Å². The standard InChI is InChI=1S/C22H19NO6S/c1-3-27-22(25)18-15(16-9-6-10-28-16)12-30-21(18)23-20(24)19-14(11-26-2)13-7-4-5-8-17(13)29-19/h4-10,12H,3,11H2,1-2H3,(H,23,24). The summed E-state index contributed by atoms with van der Waals surface area (Å²) in [6.45, 7) is 2.15. The first kappa shape index (κ1) is 19.9. The molecule has 0 saturated heterocycles. The van der Waals surface area contributed by atoms with Crippen LogP contribution in [0, 0.1) is 0 Å². The van der Waals surface area contributed by atoms with E-state index in [1.54, 1.807) is 37.6 Å². The molecule has 1 aromatic carbocycles. The number of methoxy groups -OCH3 is 1. The number of ether oxygens (including phenoxy) is 2. The van der Waals surface area contributed by atoms with Gasteiger partial charge in [-0.15, -0.1) is 11.3 Å². The molecular formula is C22H19NO6S. The van der Waals surface area contributed by atoms with E-state index >= 15 is 0 Å². The lowest BCUT2D eigenvalue weighted by atomic mass is 10.1. The fourth-order valence-corrected chi connectivity index (χ4v) is 4.13. The fourth-order valence-electron chi connectivity index (χ4n) is 3.20. The van der Waals surface area contributed by atoms with Crippen molar-refractivity contribution < 1.29 is 27.9 Å². The molecule has 0 aliphatic carbocycles. The summed E-state index contributed by atoms with van der Waals surface area (Å²) in [5.74, 6) is -0.363. The molecule has 3 heterocycles. The largest absolute Gasteiger partial charge is 0.464 e. The number of nitrogens with one attached hydrogen (secondary N) is 1. The zero-order chi connectivity index (χ0) is 21.1. The lowest BCUT2D eigenvalue weighted by molar-refractivity contribution is 0.0529. The molecule has 7 nitrogen and oxygen atoms in total. The van der Waals surface area contributed by atoms with Crippen LogP contribution in [0.25, 0.3) is 22.3 Å². The quantitative estimate of drug-likeness (QED) is 0.403. The third-order valence-electron chi connectivity index (χ3n) is 4.48. The van der Waals surface area contributed by atoms with Crippen LogP contribution in [0.5, 0.6) is 0 Å². The van der Waals surface area contributed by atoms with Crippen molar-refractivity contribution in [1.29, 1.82) is 0 Å². The van der Waals surface area contributed by atoms with Gasteiger partial charge in [0.2, 0.25) is 0 Å². The van der Waals surface area contributed by atoms with Gasteiger partial charge in [0.25, 0.3) is 5.91 Å². The molecule has 0 spiro atoms. The highest BCUT2D eigenvalue weighted by molar-refractivity contribution is 7.15. The molecule has 8 heteroatoms. The van der Waals surface area contributed by atoms with E-state index in [9.17, 15) is 9.59 Å². The smallest absolute Gasteiger partial charge is 0.341 e. The van der Waals surface area contributed by atoms with Crippen LogP contribution in [0.2, 0.25) is 0 Å². The molecule has 1 amide bonds. The second-order valence-electron chi connectivity index (χ2n) is 6.34. The number of carbonyl (C=O) groups excluding carboxylic acids is 2. The first-order valence-electron chi connectivity index (χ1n) is 9.27. The van der Waals surface area contributed by atoms with Crippen molar-refractivity contribution >= 4 is 39.2 Å². The second-order valence-corrected chi connectivity index (χ2v) is 7.22. The maximum Gasteiger partial charge on any atom is 0.341 e. The maximum atomic E-state index is 13.1. The molecule has 3 aromatic heterocycles. The normalized spacial score (nSPS) is 11.0. The van der Waals surface area contributed by atoms with Crippen molar-refractivity contribution in [3.05, 3.63) is 64.9 Å². The minimum Gasteiger partial charge on any atom is -0.464 e. The first-order valence-corrected chi connectivity index (χ1v) is 10.1. The Morgan fingerprint density at radius 3 is 2.73 bits per heavy atom. The van der Waals surface area contributed by atoms with Crippen LogP contribution in [0.1, 0.15) is 33.4 Å². The molecule has 0 bridgehead atoms. The lowest BCUT2D eigenvalue weighted by Crippen LogP contribution is -2.15. The van der Waals surface area contributed by atoms with Gasteiger partial charge in [0.05, 0.1) is 19.5 Å². The van der Waals surface area contributed by atoms with Gasteiger partial charge in [-0.3, -0.25) is 4.79 Å². The van der Waals surface area contributed by atoms with Gasteiger partial charge in [-0.25, -0.2) is 4.79 Å². The predicted octanol–water partition coefficient (Wildman–Crippen LogP) is 5.33. The molecule has 154 valence electrons. The summed E-state index contributed by atoms with van der Waals surface area (Å²) in [4.78, 5) is 25.7. The Balaban J connectivity index is 1.73. The number of benzene rings is 1. The van der Waals surface area contributed by atoms with Crippen molar-refractivity contribution in [2.24, 2.45) is 0 Å². The van der Waals surface area contributed by atoms with Crippen molar-refractivity contribution in [2.45, 2.75) is 13.5 Å². The monoisotopic (exact) mass is 425 g/mol. The molecular weight excluding hydrogens is 406 g/mol. The SMILES string of the molecule is CCOC(=O)c1c(-c2ccco2)csc1NC(=O)c1oc2ccccc2c1COC. The summed E-state index contributed by atoms with van der Waals surface area (Å²) in [5, 5.41) is 5.70. The fraction of sp³-hybridized carbons (Fsp3) is 0.182. The molecule has 0 radical (unpaired) electrons. The van der Waals surface area contributed by atoms with Crippen molar-refractivity contribution in [2.75, 3.05) is 19.0 Å². The third-order valence-corrected chi connectivity index (χ3v) is 5.37. The summed E-state index contributed by atoms with van der Waals surface area (Å²) in [6, 6.07) is 10.8. The Kier molecular flexibility index (Phi) is 5.69. The highest BCUT2D eigenvalue weighted by atomic mass is 32.1. The molecule has 0 aliphatic heterocycles. The predicted molar refractivity (Wildman–Crippen MR) is 113 cm³/mol. The van der Waals surface area contributed by atoms with Crippen molar-refractivity contribution in [3.63, 3.8) is 0 Å². The number of esters is 1. The Hall–Kier alpha value is -3.36. The maximum absolute atomic E-state index is 13.1.